The first-order valence-corrected chi connectivity index (χ1v) is 7.90. The Morgan fingerprint density at radius 3 is 2.57 bits per heavy atom. The summed E-state index contributed by atoms with van der Waals surface area (Å²) in [6.45, 7) is 6.23. The van der Waals surface area contributed by atoms with Crippen molar-refractivity contribution in [1.29, 1.82) is 0 Å². The van der Waals surface area contributed by atoms with Gasteiger partial charge in [0.2, 0.25) is 0 Å². The van der Waals surface area contributed by atoms with E-state index in [4.69, 9.17) is 17.3 Å². The van der Waals surface area contributed by atoms with Crippen LogP contribution in [0, 0.1) is 6.92 Å². The number of aryl methyl sites for hydroxylation is 3. The van der Waals surface area contributed by atoms with Crippen LogP contribution < -0.4 is 11.1 Å². The second kappa shape index (κ2) is 8.80. The lowest BCUT2D eigenvalue weighted by atomic mass is 10.1. The summed E-state index contributed by atoms with van der Waals surface area (Å²) in [6.07, 6.45) is 1.85. The average molecular weight is 352 g/mol. The molecule has 124 valence electrons. The van der Waals surface area contributed by atoms with Gasteiger partial charge in [-0.05, 0) is 54.7 Å². The maximum absolute atomic E-state index is 6.39. The molecule has 0 spiro atoms. The van der Waals surface area contributed by atoms with E-state index < -0.39 is 0 Å². The molecule has 0 heterocycles. The molecule has 0 radical (unpaired) electrons. The summed E-state index contributed by atoms with van der Waals surface area (Å²) in [5, 5.41) is 3.79. The number of nitrogens with zero attached hydrogens (tertiary/aromatic N) is 1. The maximum atomic E-state index is 6.39. The zero-order valence-electron chi connectivity index (χ0n) is 13.7. The average Bonchev–Trinajstić information content (AvgIpc) is 2.50. The van der Waals surface area contributed by atoms with Crippen molar-refractivity contribution in [2.45, 2.75) is 33.6 Å². The summed E-state index contributed by atoms with van der Waals surface area (Å²) in [6, 6.07) is 12.1. The monoisotopic (exact) mass is 351 g/mol. The Morgan fingerprint density at radius 1 is 1.17 bits per heavy atom. The van der Waals surface area contributed by atoms with Gasteiger partial charge in [-0.1, -0.05) is 43.6 Å². The minimum atomic E-state index is 0. The Labute approximate surface area is 149 Å². The van der Waals surface area contributed by atoms with Crippen molar-refractivity contribution in [3.8, 4) is 0 Å². The minimum absolute atomic E-state index is 0. The molecule has 3 nitrogen and oxygen atoms in total. The number of benzene rings is 2. The van der Waals surface area contributed by atoms with Crippen LogP contribution in [0.25, 0.3) is 0 Å². The molecule has 0 aromatic heterocycles. The molecule has 0 aliphatic rings. The van der Waals surface area contributed by atoms with Gasteiger partial charge in [0.05, 0.1) is 10.7 Å². The number of hydrogen-bond donors (Lipinski definition) is 2. The highest BCUT2D eigenvalue weighted by Gasteiger charge is 2.07. The highest BCUT2D eigenvalue weighted by atomic mass is 35.5. The van der Waals surface area contributed by atoms with Crippen LogP contribution in [0.15, 0.2) is 41.4 Å². The highest BCUT2D eigenvalue weighted by Crippen LogP contribution is 2.30. The van der Waals surface area contributed by atoms with E-state index in [9.17, 15) is 0 Å². The zero-order chi connectivity index (χ0) is 16.1. The first-order chi connectivity index (χ1) is 10.5. The van der Waals surface area contributed by atoms with E-state index >= 15 is 0 Å². The van der Waals surface area contributed by atoms with Gasteiger partial charge in [-0.3, -0.25) is 0 Å². The number of rotatable bonds is 4. The van der Waals surface area contributed by atoms with Gasteiger partial charge >= 0.3 is 0 Å². The normalized spacial score (nSPS) is 11.0. The molecule has 0 unspecified atom stereocenters. The summed E-state index contributed by atoms with van der Waals surface area (Å²) >= 11 is 6.39. The van der Waals surface area contributed by atoms with Crippen LogP contribution in [-0.4, -0.2) is 5.96 Å². The largest absolute Gasteiger partial charge is 0.369 e. The van der Waals surface area contributed by atoms with Gasteiger partial charge < -0.3 is 11.1 Å². The van der Waals surface area contributed by atoms with E-state index in [1.807, 2.05) is 25.1 Å². The second-order valence-electron chi connectivity index (χ2n) is 5.29. The number of guanidine groups is 1. The van der Waals surface area contributed by atoms with E-state index in [0.29, 0.717) is 16.7 Å². The molecular formula is C18H23Cl2N3. The molecule has 3 N–H and O–H groups in total. The van der Waals surface area contributed by atoms with Crippen LogP contribution in [0.4, 0.5) is 11.4 Å². The first kappa shape index (κ1) is 19.3. The lowest BCUT2D eigenvalue weighted by Gasteiger charge is -2.10. The zero-order valence-corrected chi connectivity index (χ0v) is 15.3. The fraction of sp³-hybridized carbons (Fsp3) is 0.278. The van der Waals surface area contributed by atoms with Gasteiger partial charge in [0.15, 0.2) is 5.96 Å². The summed E-state index contributed by atoms with van der Waals surface area (Å²) in [5.74, 6) is 0.336. The molecule has 0 saturated carbocycles. The smallest absolute Gasteiger partial charge is 0.198 e. The number of nitrogens with one attached hydrogen (secondary N) is 1. The van der Waals surface area contributed by atoms with Gasteiger partial charge in [0.1, 0.15) is 0 Å². The fourth-order valence-corrected chi connectivity index (χ4v) is 2.62. The van der Waals surface area contributed by atoms with Crippen molar-refractivity contribution >= 4 is 41.3 Å². The van der Waals surface area contributed by atoms with Crippen LogP contribution >= 0.6 is 24.0 Å². The summed E-state index contributed by atoms with van der Waals surface area (Å²) in [4.78, 5) is 4.43. The molecule has 0 fully saturated rings. The SMILES string of the molecule is CCc1cccc(NC(N)=Nc2cc(C)cc(CC)c2Cl)c1.Cl. The van der Waals surface area contributed by atoms with E-state index in [0.717, 1.165) is 29.7 Å². The van der Waals surface area contributed by atoms with Crippen molar-refractivity contribution < 1.29 is 0 Å². The van der Waals surface area contributed by atoms with Crippen molar-refractivity contribution in [2.75, 3.05) is 5.32 Å². The van der Waals surface area contributed by atoms with Crippen molar-refractivity contribution in [1.82, 2.24) is 0 Å². The van der Waals surface area contributed by atoms with Gasteiger partial charge in [0.25, 0.3) is 0 Å². The topological polar surface area (TPSA) is 50.4 Å². The third-order valence-corrected chi connectivity index (χ3v) is 3.94. The standard InChI is InChI=1S/C18H22ClN3.ClH/c1-4-13-7-6-8-15(11-13)21-18(20)22-16-10-12(3)9-14(5-2)17(16)19;/h6-11H,4-5H2,1-3H3,(H3,20,21,22);1H. The molecule has 23 heavy (non-hydrogen) atoms. The Bertz CT molecular complexity index is 697. The summed E-state index contributed by atoms with van der Waals surface area (Å²) < 4.78 is 0. The lowest BCUT2D eigenvalue weighted by molar-refractivity contribution is 1.13. The maximum Gasteiger partial charge on any atom is 0.198 e. The highest BCUT2D eigenvalue weighted by molar-refractivity contribution is 6.34. The summed E-state index contributed by atoms with van der Waals surface area (Å²) in [5.41, 5.74) is 11.1. The Hall–Kier alpha value is -1.71. The molecule has 0 atom stereocenters. The third kappa shape index (κ3) is 5.15. The number of nitrogens with two attached hydrogens (primary N) is 1. The molecule has 2 rings (SSSR count). The molecule has 0 aliphatic carbocycles. The van der Waals surface area contributed by atoms with Gasteiger partial charge in [-0.15, -0.1) is 12.4 Å². The van der Waals surface area contributed by atoms with Crippen molar-refractivity contribution in [2.24, 2.45) is 10.7 Å². The number of halogens is 2. The molecule has 5 heteroatoms. The van der Waals surface area contributed by atoms with Gasteiger partial charge in [0, 0.05) is 5.69 Å². The first-order valence-electron chi connectivity index (χ1n) is 7.52. The quantitative estimate of drug-likeness (QED) is 0.583. The molecule has 0 bridgehead atoms. The summed E-state index contributed by atoms with van der Waals surface area (Å²) in [7, 11) is 0. The molecule has 2 aromatic rings. The van der Waals surface area contributed by atoms with Crippen molar-refractivity contribution in [3.63, 3.8) is 0 Å². The number of hydrogen-bond acceptors (Lipinski definition) is 1. The Morgan fingerprint density at radius 2 is 1.91 bits per heavy atom. The van der Waals surface area contributed by atoms with E-state index in [-0.39, 0.29) is 12.4 Å². The van der Waals surface area contributed by atoms with E-state index in [1.165, 1.54) is 5.56 Å². The Balaban J connectivity index is 0.00000264. The molecule has 0 aliphatic heterocycles. The molecule has 0 saturated heterocycles. The number of aliphatic imine (C=N–C) groups is 1. The molecular weight excluding hydrogens is 329 g/mol. The molecule has 0 amide bonds. The van der Waals surface area contributed by atoms with E-state index in [2.05, 4.69) is 42.4 Å². The number of anilines is 1. The van der Waals surface area contributed by atoms with Crippen LogP contribution in [0.3, 0.4) is 0 Å². The van der Waals surface area contributed by atoms with E-state index in [1.54, 1.807) is 0 Å². The third-order valence-electron chi connectivity index (χ3n) is 3.50. The van der Waals surface area contributed by atoms with Crippen LogP contribution in [0.1, 0.15) is 30.5 Å². The van der Waals surface area contributed by atoms with Crippen LogP contribution in [0.2, 0.25) is 5.02 Å². The fourth-order valence-electron chi connectivity index (χ4n) is 2.34. The Kier molecular flexibility index (Phi) is 7.40. The predicted molar refractivity (Wildman–Crippen MR) is 104 cm³/mol. The predicted octanol–water partition coefficient (Wildman–Crippen LogP) is 5.25. The second-order valence-corrected chi connectivity index (χ2v) is 5.66. The van der Waals surface area contributed by atoms with Crippen molar-refractivity contribution in [3.05, 3.63) is 58.1 Å². The van der Waals surface area contributed by atoms with Gasteiger partial charge in [-0.2, -0.15) is 0 Å². The lowest BCUT2D eigenvalue weighted by Crippen LogP contribution is -2.22. The minimum Gasteiger partial charge on any atom is -0.369 e. The molecule has 2 aromatic carbocycles. The van der Waals surface area contributed by atoms with Crippen LogP contribution in [0.5, 0.6) is 0 Å². The van der Waals surface area contributed by atoms with Gasteiger partial charge in [-0.25, -0.2) is 4.99 Å². The van der Waals surface area contributed by atoms with Crippen LogP contribution in [-0.2, 0) is 12.8 Å².